The van der Waals surface area contributed by atoms with Gasteiger partial charge in [-0.25, -0.2) is 5.43 Å². The molecule has 2 heterocycles. The van der Waals surface area contributed by atoms with E-state index < -0.39 is 0 Å². The summed E-state index contributed by atoms with van der Waals surface area (Å²) in [5, 5.41) is 6.61. The normalized spacial score (nSPS) is 12.4. The summed E-state index contributed by atoms with van der Waals surface area (Å²) in [5.41, 5.74) is 13.3. The Bertz CT molecular complexity index is 1120. The Morgan fingerprint density at radius 3 is 2.50 bits per heavy atom. The van der Waals surface area contributed by atoms with Crippen molar-refractivity contribution in [1.82, 2.24) is 15.4 Å². The van der Waals surface area contributed by atoms with E-state index in [1.807, 2.05) is 30.5 Å². The van der Waals surface area contributed by atoms with Crippen molar-refractivity contribution < 1.29 is 0 Å². The number of guanidine groups is 1. The number of benzene rings is 2. The van der Waals surface area contributed by atoms with Gasteiger partial charge in [-0.05, 0) is 37.0 Å². The van der Waals surface area contributed by atoms with Crippen molar-refractivity contribution in [2.75, 3.05) is 6.54 Å². The number of nitrogens with one attached hydrogen (secondary N) is 3. The van der Waals surface area contributed by atoms with E-state index in [9.17, 15) is 0 Å². The second-order valence-electron chi connectivity index (χ2n) is 6.74. The summed E-state index contributed by atoms with van der Waals surface area (Å²) in [6.45, 7) is 0.684. The van der Waals surface area contributed by atoms with Gasteiger partial charge in [-0.2, -0.15) is 5.10 Å². The number of hydrogen-bond acceptors (Lipinski definition) is 2. The van der Waals surface area contributed by atoms with E-state index in [4.69, 9.17) is 5.73 Å². The summed E-state index contributed by atoms with van der Waals surface area (Å²) >= 11 is 0. The number of rotatable bonds is 7. The molecule has 6 nitrogen and oxygen atoms in total. The molecule has 5 N–H and O–H groups in total. The monoisotopic (exact) mass is 372 g/mol. The van der Waals surface area contributed by atoms with Crippen LogP contribution in [0.2, 0.25) is 0 Å². The zero-order valence-corrected chi connectivity index (χ0v) is 15.7. The van der Waals surface area contributed by atoms with E-state index in [0.29, 0.717) is 12.5 Å². The van der Waals surface area contributed by atoms with Crippen LogP contribution in [0.15, 0.2) is 71.0 Å². The average molecular weight is 372 g/mol. The second-order valence-corrected chi connectivity index (χ2v) is 6.74. The quantitative estimate of drug-likeness (QED) is 0.171. The summed E-state index contributed by atoms with van der Waals surface area (Å²) in [7, 11) is 0. The number of aromatic nitrogens is 2. The third-order valence-corrected chi connectivity index (χ3v) is 4.82. The van der Waals surface area contributed by atoms with Gasteiger partial charge in [0.25, 0.3) is 0 Å². The first-order chi connectivity index (χ1) is 13.8. The van der Waals surface area contributed by atoms with Gasteiger partial charge in [-0.1, -0.05) is 36.4 Å². The molecule has 0 aliphatic heterocycles. The largest absolute Gasteiger partial charge is 0.369 e. The lowest BCUT2D eigenvalue weighted by Gasteiger charge is -2.01. The van der Waals surface area contributed by atoms with Crippen molar-refractivity contribution in [3.63, 3.8) is 0 Å². The number of hydrogen-bond donors (Lipinski definition) is 4. The van der Waals surface area contributed by atoms with E-state index in [1.165, 1.54) is 16.5 Å². The zero-order valence-electron chi connectivity index (χ0n) is 15.7. The molecule has 6 heteroatoms. The van der Waals surface area contributed by atoms with Gasteiger partial charge in [0.05, 0.1) is 6.21 Å². The maximum atomic E-state index is 5.89. The molecule has 0 unspecified atom stereocenters. The molecule has 0 saturated carbocycles. The smallest absolute Gasteiger partial charge is 0.209 e. The van der Waals surface area contributed by atoms with Crippen molar-refractivity contribution in [2.45, 2.75) is 19.3 Å². The first-order valence-electron chi connectivity index (χ1n) is 9.51. The fourth-order valence-corrected chi connectivity index (χ4v) is 3.37. The van der Waals surface area contributed by atoms with Gasteiger partial charge < -0.3 is 15.7 Å². The number of nitrogens with two attached hydrogens (primary N) is 1. The summed E-state index contributed by atoms with van der Waals surface area (Å²) in [6, 6.07) is 16.5. The van der Waals surface area contributed by atoms with Crippen molar-refractivity contribution in [1.29, 1.82) is 0 Å². The molecule has 142 valence electrons. The molecule has 0 fully saturated rings. The fraction of sp³-hybridized carbons (Fsp3) is 0.182. The number of nitrogens with zero attached hydrogens (tertiary/aromatic N) is 2. The standard InChI is InChI=1S/C22H24N6/c23-22(28-27-15-17-14-26-21-11-4-2-9-19(17)21)24-12-6-5-7-16-13-25-20-10-3-1-8-18(16)20/h1-4,8-11,13-15,25-26H,5-7,12H2,(H3,23,24,28)/b27-15+. The Hall–Kier alpha value is -3.54. The van der Waals surface area contributed by atoms with Crippen LogP contribution in [-0.2, 0) is 6.42 Å². The van der Waals surface area contributed by atoms with Crippen LogP contribution >= 0.6 is 0 Å². The third kappa shape index (κ3) is 4.06. The molecule has 4 rings (SSSR count). The first kappa shape index (κ1) is 17.9. The van der Waals surface area contributed by atoms with Crippen LogP contribution in [0.4, 0.5) is 0 Å². The fourth-order valence-electron chi connectivity index (χ4n) is 3.37. The minimum Gasteiger partial charge on any atom is -0.369 e. The van der Waals surface area contributed by atoms with Crippen LogP contribution in [0, 0.1) is 0 Å². The molecule has 2 aromatic heterocycles. The van der Waals surface area contributed by atoms with E-state index >= 15 is 0 Å². The topological polar surface area (TPSA) is 94.3 Å². The van der Waals surface area contributed by atoms with Gasteiger partial charge in [-0.15, -0.1) is 0 Å². The summed E-state index contributed by atoms with van der Waals surface area (Å²) in [5.74, 6) is 0.336. The first-order valence-corrected chi connectivity index (χ1v) is 9.51. The van der Waals surface area contributed by atoms with Gasteiger partial charge in [-0.3, -0.25) is 4.99 Å². The molecule has 0 amide bonds. The molecule has 28 heavy (non-hydrogen) atoms. The highest BCUT2D eigenvalue weighted by atomic mass is 15.3. The maximum absolute atomic E-state index is 5.89. The van der Waals surface area contributed by atoms with Gasteiger partial charge in [0.15, 0.2) is 0 Å². The molecule has 0 bridgehead atoms. The lowest BCUT2D eigenvalue weighted by molar-refractivity contribution is 0.744. The minimum absolute atomic E-state index is 0.336. The van der Waals surface area contributed by atoms with Crippen molar-refractivity contribution in [3.8, 4) is 0 Å². The van der Waals surface area contributed by atoms with Gasteiger partial charge in [0, 0.05) is 46.3 Å². The number of aliphatic imine (C=N–C) groups is 1. The number of unbranched alkanes of at least 4 members (excludes halogenated alkanes) is 1. The zero-order chi connectivity index (χ0) is 19.2. The number of hydrazone groups is 1. The van der Waals surface area contributed by atoms with E-state index in [1.54, 1.807) is 6.21 Å². The molecule has 2 aromatic carbocycles. The average Bonchev–Trinajstić information content (AvgIpc) is 3.32. The number of aromatic amines is 2. The van der Waals surface area contributed by atoms with Crippen LogP contribution in [0.1, 0.15) is 24.0 Å². The van der Waals surface area contributed by atoms with Crippen LogP contribution in [0.3, 0.4) is 0 Å². The van der Waals surface area contributed by atoms with Crippen molar-refractivity contribution in [2.24, 2.45) is 15.8 Å². The van der Waals surface area contributed by atoms with Gasteiger partial charge in [0.1, 0.15) is 0 Å². The number of H-pyrrole nitrogens is 2. The maximum Gasteiger partial charge on any atom is 0.209 e. The molecule has 0 radical (unpaired) electrons. The minimum atomic E-state index is 0.336. The molecule has 4 aromatic rings. The molecular weight excluding hydrogens is 348 g/mol. The lowest BCUT2D eigenvalue weighted by Crippen LogP contribution is -2.27. The van der Waals surface area contributed by atoms with E-state index in [2.05, 4.69) is 55.9 Å². The molecule has 0 aliphatic rings. The number of aryl methyl sites for hydroxylation is 1. The SMILES string of the molecule is NC(=NCCCCc1c[nH]c2ccccc12)N/N=C/c1c[nH]c2ccccc12. The highest BCUT2D eigenvalue weighted by molar-refractivity contribution is 5.99. The summed E-state index contributed by atoms with van der Waals surface area (Å²) in [6.07, 6.45) is 8.85. The Morgan fingerprint density at radius 2 is 1.64 bits per heavy atom. The van der Waals surface area contributed by atoms with Crippen molar-refractivity contribution >= 4 is 34.0 Å². The molecule has 0 aliphatic carbocycles. The Morgan fingerprint density at radius 1 is 0.929 bits per heavy atom. The Balaban J connectivity index is 1.22. The van der Waals surface area contributed by atoms with Crippen LogP contribution in [-0.4, -0.2) is 28.7 Å². The predicted octanol–water partition coefficient (Wildman–Crippen LogP) is 3.91. The third-order valence-electron chi connectivity index (χ3n) is 4.82. The summed E-state index contributed by atoms with van der Waals surface area (Å²) in [4.78, 5) is 10.9. The molecular formula is C22H24N6. The molecule has 0 spiro atoms. The van der Waals surface area contributed by atoms with Crippen molar-refractivity contribution in [3.05, 3.63) is 72.1 Å². The number of fused-ring (bicyclic) bond motifs is 2. The molecule has 0 atom stereocenters. The Labute approximate surface area is 163 Å². The predicted molar refractivity (Wildman–Crippen MR) is 117 cm³/mol. The van der Waals surface area contributed by atoms with Crippen LogP contribution < -0.4 is 11.2 Å². The second kappa shape index (κ2) is 8.43. The lowest BCUT2D eigenvalue weighted by atomic mass is 10.1. The Kier molecular flexibility index (Phi) is 5.38. The van der Waals surface area contributed by atoms with Crippen LogP contribution in [0.25, 0.3) is 21.8 Å². The van der Waals surface area contributed by atoms with Gasteiger partial charge in [0.2, 0.25) is 5.96 Å². The van der Waals surface area contributed by atoms with Crippen LogP contribution in [0.5, 0.6) is 0 Å². The van der Waals surface area contributed by atoms with E-state index in [0.717, 1.165) is 35.7 Å². The molecule has 0 saturated heterocycles. The van der Waals surface area contributed by atoms with E-state index in [-0.39, 0.29) is 0 Å². The highest BCUT2D eigenvalue weighted by Crippen LogP contribution is 2.19. The highest BCUT2D eigenvalue weighted by Gasteiger charge is 2.02. The summed E-state index contributed by atoms with van der Waals surface area (Å²) < 4.78 is 0. The number of para-hydroxylation sites is 2. The van der Waals surface area contributed by atoms with Gasteiger partial charge >= 0.3 is 0 Å².